The van der Waals surface area contributed by atoms with Crippen molar-refractivity contribution in [3.05, 3.63) is 35.9 Å². The van der Waals surface area contributed by atoms with Gasteiger partial charge in [-0.3, -0.25) is 9.59 Å². The molecule has 4 heteroatoms. The number of carbonyl (C=O) groups excluding carboxylic acids is 1. The summed E-state index contributed by atoms with van der Waals surface area (Å²) in [4.78, 5) is 24.8. The predicted molar refractivity (Wildman–Crippen MR) is 67.1 cm³/mol. The topological polar surface area (TPSA) is 57.6 Å². The van der Waals surface area contributed by atoms with Crippen molar-refractivity contribution in [1.29, 1.82) is 0 Å². The third-order valence-corrected chi connectivity index (χ3v) is 3.54. The Morgan fingerprint density at radius 3 is 2.56 bits per heavy atom. The maximum Gasteiger partial charge on any atom is 0.311 e. The van der Waals surface area contributed by atoms with Crippen molar-refractivity contribution in [3.8, 4) is 0 Å². The molecule has 1 aliphatic heterocycles. The molecule has 1 saturated heterocycles. The first kappa shape index (κ1) is 12.6. The lowest BCUT2D eigenvalue weighted by atomic mass is 9.90. The van der Waals surface area contributed by atoms with E-state index in [4.69, 9.17) is 5.11 Å². The fourth-order valence-corrected chi connectivity index (χ4v) is 2.23. The number of benzene rings is 1. The number of hydrogen-bond acceptors (Lipinski definition) is 2. The highest BCUT2D eigenvalue weighted by Gasteiger charge is 2.41. The molecule has 96 valence electrons. The van der Waals surface area contributed by atoms with Gasteiger partial charge in [-0.05, 0) is 18.9 Å². The molecule has 1 fully saturated rings. The zero-order valence-electron chi connectivity index (χ0n) is 10.4. The first-order chi connectivity index (χ1) is 8.51. The molecule has 1 heterocycles. The van der Waals surface area contributed by atoms with E-state index in [0.29, 0.717) is 25.9 Å². The summed E-state index contributed by atoms with van der Waals surface area (Å²) in [7, 11) is 0. The minimum absolute atomic E-state index is 0.00572. The van der Waals surface area contributed by atoms with Crippen molar-refractivity contribution in [2.45, 2.75) is 19.8 Å². The number of carboxylic acids is 1. The van der Waals surface area contributed by atoms with Gasteiger partial charge >= 0.3 is 5.97 Å². The second kappa shape index (κ2) is 4.80. The number of carbonyl (C=O) groups is 2. The molecule has 0 bridgehead atoms. The van der Waals surface area contributed by atoms with Crippen LogP contribution in [0.15, 0.2) is 30.3 Å². The van der Waals surface area contributed by atoms with Crippen LogP contribution in [0.1, 0.15) is 18.9 Å². The van der Waals surface area contributed by atoms with Gasteiger partial charge in [-0.1, -0.05) is 30.3 Å². The van der Waals surface area contributed by atoms with E-state index in [0.717, 1.165) is 5.56 Å². The van der Waals surface area contributed by atoms with Crippen molar-refractivity contribution >= 4 is 11.9 Å². The van der Waals surface area contributed by atoms with Crippen LogP contribution in [0, 0.1) is 5.41 Å². The summed E-state index contributed by atoms with van der Waals surface area (Å²) in [5.74, 6) is -0.816. The standard InChI is InChI=1S/C14H17NO3/c1-14(13(17)18)7-8-15(10-14)12(16)9-11-5-3-2-4-6-11/h2-6H,7-10H2,1H3,(H,17,18). The first-order valence-electron chi connectivity index (χ1n) is 6.06. The Balaban J connectivity index is 1.98. The highest BCUT2D eigenvalue weighted by Crippen LogP contribution is 2.30. The van der Waals surface area contributed by atoms with Crippen LogP contribution >= 0.6 is 0 Å². The molecule has 1 atom stereocenters. The van der Waals surface area contributed by atoms with E-state index in [1.807, 2.05) is 30.3 Å². The highest BCUT2D eigenvalue weighted by molar-refractivity contribution is 5.81. The Morgan fingerprint density at radius 2 is 2.00 bits per heavy atom. The molecule has 1 N–H and O–H groups in total. The minimum atomic E-state index is -0.822. The number of rotatable bonds is 3. The average molecular weight is 247 g/mol. The van der Waals surface area contributed by atoms with Gasteiger partial charge in [0.1, 0.15) is 0 Å². The molecular weight excluding hydrogens is 230 g/mol. The lowest BCUT2D eigenvalue weighted by Crippen LogP contribution is -2.35. The molecule has 0 spiro atoms. The molecule has 0 aliphatic carbocycles. The SMILES string of the molecule is CC1(C(=O)O)CCN(C(=O)Cc2ccccc2)C1. The van der Waals surface area contributed by atoms with E-state index >= 15 is 0 Å². The monoisotopic (exact) mass is 247 g/mol. The quantitative estimate of drug-likeness (QED) is 0.881. The average Bonchev–Trinajstić information content (AvgIpc) is 2.75. The van der Waals surface area contributed by atoms with Gasteiger partial charge in [0, 0.05) is 13.1 Å². The first-order valence-corrected chi connectivity index (χ1v) is 6.06. The van der Waals surface area contributed by atoms with E-state index in [1.165, 1.54) is 0 Å². The Labute approximate surface area is 106 Å². The van der Waals surface area contributed by atoms with Gasteiger partial charge in [-0.25, -0.2) is 0 Å². The number of aliphatic carboxylic acids is 1. The van der Waals surface area contributed by atoms with E-state index in [2.05, 4.69) is 0 Å². The van der Waals surface area contributed by atoms with Crippen LogP contribution < -0.4 is 0 Å². The van der Waals surface area contributed by atoms with Gasteiger partial charge in [-0.15, -0.1) is 0 Å². The van der Waals surface area contributed by atoms with Gasteiger partial charge in [0.05, 0.1) is 11.8 Å². The smallest absolute Gasteiger partial charge is 0.311 e. The maximum atomic E-state index is 12.1. The fraction of sp³-hybridized carbons (Fsp3) is 0.429. The molecule has 0 saturated carbocycles. The molecule has 18 heavy (non-hydrogen) atoms. The fourth-order valence-electron chi connectivity index (χ4n) is 2.23. The van der Waals surface area contributed by atoms with Gasteiger partial charge in [-0.2, -0.15) is 0 Å². The van der Waals surface area contributed by atoms with Crippen LogP contribution in [0.2, 0.25) is 0 Å². The lowest BCUT2D eigenvalue weighted by molar-refractivity contribution is -0.147. The van der Waals surface area contributed by atoms with Crippen LogP contribution in [-0.2, 0) is 16.0 Å². The highest BCUT2D eigenvalue weighted by atomic mass is 16.4. The Kier molecular flexibility index (Phi) is 3.36. The largest absolute Gasteiger partial charge is 0.481 e. The molecule has 0 radical (unpaired) electrons. The molecular formula is C14H17NO3. The number of nitrogens with zero attached hydrogens (tertiary/aromatic N) is 1. The number of hydrogen-bond donors (Lipinski definition) is 1. The van der Waals surface area contributed by atoms with E-state index < -0.39 is 11.4 Å². The van der Waals surface area contributed by atoms with E-state index in [9.17, 15) is 9.59 Å². The van der Waals surface area contributed by atoms with Crippen molar-refractivity contribution in [3.63, 3.8) is 0 Å². The van der Waals surface area contributed by atoms with Gasteiger partial charge in [0.2, 0.25) is 5.91 Å². The van der Waals surface area contributed by atoms with E-state index in [-0.39, 0.29) is 5.91 Å². The van der Waals surface area contributed by atoms with Crippen molar-refractivity contribution in [1.82, 2.24) is 4.90 Å². The van der Waals surface area contributed by atoms with Crippen molar-refractivity contribution in [2.24, 2.45) is 5.41 Å². The predicted octanol–water partition coefficient (Wildman–Crippen LogP) is 1.55. The zero-order chi connectivity index (χ0) is 13.2. The van der Waals surface area contributed by atoms with Crippen LogP contribution in [0.4, 0.5) is 0 Å². The van der Waals surface area contributed by atoms with Crippen LogP contribution in [0.25, 0.3) is 0 Å². The summed E-state index contributed by atoms with van der Waals surface area (Å²) >= 11 is 0. The Bertz CT molecular complexity index is 457. The number of amides is 1. The normalized spacial score (nSPS) is 23.1. The van der Waals surface area contributed by atoms with Crippen molar-refractivity contribution < 1.29 is 14.7 Å². The molecule has 1 aromatic carbocycles. The maximum absolute atomic E-state index is 12.1. The molecule has 1 aliphatic rings. The third kappa shape index (κ3) is 2.53. The second-order valence-corrected chi connectivity index (χ2v) is 5.09. The lowest BCUT2D eigenvalue weighted by Gasteiger charge is -2.20. The molecule has 2 rings (SSSR count). The summed E-state index contributed by atoms with van der Waals surface area (Å²) in [6.07, 6.45) is 0.874. The van der Waals surface area contributed by atoms with Gasteiger partial charge in [0.25, 0.3) is 0 Å². The molecule has 1 amide bonds. The second-order valence-electron chi connectivity index (χ2n) is 5.09. The van der Waals surface area contributed by atoms with E-state index in [1.54, 1.807) is 11.8 Å². The molecule has 4 nitrogen and oxygen atoms in total. The van der Waals surface area contributed by atoms with Crippen LogP contribution in [0.3, 0.4) is 0 Å². The summed E-state index contributed by atoms with van der Waals surface area (Å²) < 4.78 is 0. The third-order valence-electron chi connectivity index (χ3n) is 3.54. The molecule has 1 unspecified atom stereocenters. The van der Waals surface area contributed by atoms with Crippen LogP contribution in [0.5, 0.6) is 0 Å². The van der Waals surface area contributed by atoms with Crippen molar-refractivity contribution in [2.75, 3.05) is 13.1 Å². The summed E-state index contributed by atoms with van der Waals surface area (Å²) in [5.41, 5.74) is 0.179. The summed E-state index contributed by atoms with van der Waals surface area (Å²) in [6.45, 7) is 2.55. The number of carboxylic acid groups (broad SMARTS) is 1. The Hall–Kier alpha value is -1.84. The molecule has 1 aromatic rings. The Morgan fingerprint density at radius 1 is 1.33 bits per heavy atom. The zero-order valence-corrected chi connectivity index (χ0v) is 10.4. The molecule has 0 aromatic heterocycles. The number of likely N-dealkylation sites (tertiary alicyclic amines) is 1. The summed E-state index contributed by atoms with van der Waals surface area (Å²) in [6, 6.07) is 9.52. The van der Waals surface area contributed by atoms with Gasteiger partial charge in [0.15, 0.2) is 0 Å². The summed E-state index contributed by atoms with van der Waals surface area (Å²) in [5, 5.41) is 9.12. The van der Waals surface area contributed by atoms with Crippen LogP contribution in [-0.4, -0.2) is 35.0 Å². The minimum Gasteiger partial charge on any atom is -0.481 e. The van der Waals surface area contributed by atoms with Gasteiger partial charge < -0.3 is 10.0 Å².